The molecule has 3 heterocycles. The molecule has 3 aromatic carbocycles. The summed E-state index contributed by atoms with van der Waals surface area (Å²) in [5.74, 6) is -0.337. The predicted molar refractivity (Wildman–Crippen MR) is 160 cm³/mol. The van der Waals surface area contributed by atoms with Crippen LogP contribution in [0.15, 0.2) is 83.7 Å². The maximum Gasteiger partial charge on any atom is 0.255 e. The van der Waals surface area contributed by atoms with E-state index in [1.807, 2.05) is 31.2 Å². The van der Waals surface area contributed by atoms with Crippen LogP contribution in [-0.2, 0) is 10.0 Å². The molecule has 1 N–H and O–H groups in total. The number of furan rings is 1. The van der Waals surface area contributed by atoms with E-state index in [0.29, 0.717) is 56.1 Å². The second-order valence-electron chi connectivity index (χ2n) is 10.00. The Kier molecular flexibility index (Phi) is 6.53. The Bertz CT molecular complexity index is 2100. The van der Waals surface area contributed by atoms with E-state index in [4.69, 9.17) is 4.42 Å². The van der Waals surface area contributed by atoms with Gasteiger partial charge in [-0.15, -0.1) is 0 Å². The molecule has 11 heteroatoms. The van der Waals surface area contributed by atoms with E-state index < -0.39 is 10.0 Å². The predicted octanol–water partition coefficient (Wildman–Crippen LogP) is 5.68. The number of aromatic nitrogens is 3. The van der Waals surface area contributed by atoms with Crippen molar-refractivity contribution in [3.63, 3.8) is 0 Å². The number of hydrogen-bond acceptors (Lipinski definition) is 6. The van der Waals surface area contributed by atoms with E-state index in [1.54, 1.807) is 47.3 Å². The van der Waals surface area contributed by atoms with Gasteiger partial charge >= 0.3 is 0 Å². The van der Waals surface area contributed by atoms with E-state index in [0.717, 1.165) is 21.7 Å². The SMILES string of the molecule is CNC(=O)c1c(-c2ccc(C)cc2)oc2cc(N(C)S(C)(=O)=O)c(-c3cn4c(-c5ccc(F)cc5)cnc4cn3)cc12. The van der Waals surface area contributed by atoms with E-state index in [-0.39, 0.29) is 11.7 Å². The van der Waals surface area contributed by atoms with Gasteiger partial charge in [0.25, 0.3) is 5.91 Å². The first-order chi connectivity index (χ1) is 20.0. The number of fused-ring (bicyclic) bond motifs is 2. The first kappa shape index (κ1) is 27.2. The summed E-state index contributed by atoms with van der Waals surface area (Å²) in [6.07, 6.45) is 6.08. The van der Waals surface area contributed by atoms with Crippen LogP contribution in [0.1, 0.15) is 15.9 Å². The third-order valence-electron chi connectivity index (χ3n) is 7.22. The first-order valence-corrected chi connectivity index (χ1v) is 14.8. The molecule has 0 saturated heterocycles. The molecular formula is C31H26FN5O4S. The van der Waals surface area contributed by atoms with Gasteiger partial charge in [0.2, 0.25) is 10.0 Å². The summed E-state index contributed by atoms with van der Waals surface area (Å²) >= 11 is 0. The van der Waals surface area contributed by atoms with Crippen LogP contribution >= 0.6 is 0 Å². The van der Waals surface area contributed by atoms with Crippen LogP contribution in [0.3, 0.4) is 0 Å². The van der Waals surface area contributed by atoms with E-state index in [1.165, 1.54) is 26.2 Å². The van der Waals surface area contributed by atoms with Crippen molar-refractivity contribution >= 4 is 38.2 Å². The molecular weight excluding hydrogens is 557 g/mol. The molecule has 0 spiro atoms. The molecule has 1 amide bonds. The molecule has 6 rings (SSSR count). The van der Waals surface area contributed by atoms with Crippen molar-refractivity contribution in [2.75, 3.05) is 24.7 Å². The molecule has 9 nitrogen and oxygen atoms in total. The molecule has 0 aliphatic carbocycles. The Labute approximate surface area is 241 Å². The number of sulfonamides is 1. The van der Waals surface area contributed by atoms with Crippen LogP contribution in [-0.4, -0.2) is 49.0 Å². The summed E-state index contributed by atoms with van der Waals surface area (Å²) in [6, 6.07) is 17.0. The minimum Gasteiger partial charge on any atom is -0.455 e. The molecule has 0 aliphatic rings. The highest BCUT2D eigenvalue weighted by atomic mass is 32.2. The first-order valence-electron chi connectivity index (χ1n) is 13.0. The average Bonchev–Trinajstić information content (AvgIpc) is 3.57. The number of nitrogens with zero attached hydrogens (tertiary/aromatic N) is 4. The van der Waals surface area contributed by atoms with Gasteiger partial charge < -0.3 is 9.73 Å². The monoisotopic (exact) mass is 583 g/mol. The maximum absolute atomic E-state index is 13.6. The molecule has 0 bridgehead atoms. The van der Waals surface area contributed by atoms with Crippen molar-refractivity contribution in [1.82, 2.24) is 19.7 Å². The molecule has 0 radical (unpaired) electrons. The molecule has 0 aliphatic heterocycles. The lowest BCUT2D eigenvalue weighted by Crippen LogP contribution is -2.25. The highest BCUT2D eigenvalue weighted by Gasteiger charge is 2.26. The van der Waals surface area contributed by atoms with Crippen molar-refractivity contribution in [1.29, 1.82) is 0 Å². The number of hydrogen-bond donors (Lipinski definition) is 1. The zero-order chi connectivity index (χ0) is 29.8. The Morgan fingerprint density at radius 2 is 1.69 bits per heavy atom. The van der Waals surface area contributed by atoms with E-state index in [2.05, 4.69) is 15.3 Å². The van der Waals surface area contributed by atoms with Crippen molar-refractivity contribution < 1.29 is 22.0 Å². The minimum absolute atomic E-state index is 0.313. The normalized spacial score (nSPS) is 11.7. The number of nitrogens with one attached hydrogen (secondary N) is 1. The number of imidazole rings is 1. The largest absolute Gasteiger partial charge is 0.455 e. The van der Waals surface area contributed by atoms with Crippen LogP contribution in [0.4, 0.5) is 10.1 Å². The molecule has 0 fully saturated rings. The third-order valence-corrected chi connectivity index (χ3v) is 8.41. The van der Waals surface area contributed by atoms with Gasteiger partial charge in [-0.1, -0.05) is 29.8 Å². The van der Waals surface area contributed by atoms with Crippen LogP contribution in [0.5, 0.6) is 0 Å². The summed E-state index contributed by atoms with van der Waals surface area (Å²) in [6.45, 7) is 1.97. The molecule has 3 aromatic heterocycles. The van der Waals surface area contributed by atoms with Crippen molar-refractivity contribution in [3.8, 4) is 33.8 Å². The fourth-order valence-electron chi connectivity index (χ4n) is 4.90. The molecule has 0 atom stereocenters. The average molecular weight is 584 g/mol. The van der Waals surface area contributed by atoms with Gasteiger partial charge in [-0.05, 0) is 37.3 Å². The summed E-state index contributed by atoms with van der Waals surface area (Å²) in [7, 11) is -0.706. The number of aryl methyl sites for hydroxylation is 1. The van der Waals surface area contributed by atoms with Gasteiger partial charge in [0.15, 0.2) is 5.65 Å². The number of rotatable bonds is 6. The van der Waals surface area contributed by atoms with Gasteiger partial charge in [0.1, 0.15) is 17.2 Å². The van der Waals surface area contributed by atoms with Crippen molar-refractivity contribution in [2.24, 2.45) is 0 Å². The van der Waals surface area contributed by atoms with E-state index >= 15 is 0 Å². The number of carbonyl (C=O) groups is 1. The summed E-state index contributed by atoms with van der Waals surface area (Å²) in [5.41, 5.74) is 5.61. The second kappa shape index (κ2) is 10.1. The summed E-state index contributed by atoms with van der Waals surface area (Å²) in [4.78, 5) is 22.2. The fraction of sp³-hybridized carbons (Fsp3) is 0.129. The lowest BCUT2D eigenvalue weighted by atomic mass is 10.0. The highest BCUT2D eigenvalue weighted by molar-refractivity contribution is 7.92. The van der Waals surface area contributed by atoms with Gasteiger partial charge in [0, 0.05) is 48.4 Å². The van der Waals surface area contributed by atoms with Crippen LogP contribution in [0, 0.1) is 12.7 Å². The van der Waals surface area contributed by atoms with Crippen molar-refractivity contribution in [3.05, 3.63) is 96.2 Å². The Morgan fingerprint density at radius 3 is 2.36 bits per heavy atom. The van der Waals surface area contributed by atoms with E-state index in [9.17, 15) is 17.6 Å². The third kappa shape index (κ3) is 4.67. The number of halogens is 1. The number of carbonyl (C=O) groups excluding carboxylic acids is 1. The Hall–Kier alpha value is -5.03. The number of benzene rings is 3. The molecule has 42 heavy (non-hydrogen) atoms. The zero-order valence-corrected chi connectivity index (χ0v) is 24.0. The summed E-state index contributed by atoms with van der Waals surface area (Å²) in [5, 5.41) is 3.19. The lowest BCUT2D eigenvalue weighted by molar-refractivity contribution is 0.0964. The molecule has 0 unspecified atom stereocenters. The van der Waals surface area contributed by atoms with Crippen LogP contribution in [0.25, 0.3) is 50.5 Å². The van der Waals surface area contributed by atoms with Gasteiger partial charge in [-0.2, -0.15) is 0 Å². The molecule has 212 valence electrons. The Balaban J connectivity index is 1.63. The molecule has 6 aromatic rings. The van der Waals surface area contributed by atoms with Crippen LogP contribution < -0.4 is 9.62 Å². The minimum atomic E-state index is -3.69. The molecule has 0 saturated carbocycles. The quantitative estimate of drug-likeness (QED) is 0.270. The van der Waals surface area contributed by atoms with Gasteiger partial charge in [0.05, 0.1) is 41.3 Å². The highest BCUT2D eigenvalue weighted by Crippen LogP contribution is 2.41. The Morgan fingerprint density at radius 1 is 1.00 bits per heavy atom. The van der Waals surface area contributed by atoms with Crippen molar-refractivity contribution in [2.45, 2.75) is 6.92 Å². The maximum atomic E-state index is 13.6. The number of amides is 1. The standard InChI is InChI=1S/C31H26FN5O4S/c1-18-5-7-20(8-6-18)30-29(31(38)33-2)23-13-22(25(14-27(23)41-30)36(3)42(4,39)40)24-17-37-26(15-35-28(37)16-34-24)19-9-11-21(32)12-10-19/h5-17H,1-4H3,(H,33,38). The number of anilines is 1. The zero-order valence-electron chi connectivity index (χ0n) is 23.2. The fourth-order valence-corrected chi connectivity index (χ4v) is 5.41. The second-order valence-corrected chi connectivity index (χ2v) is 12.0. The summed E-state index contributed by atoms with van der Waals surface area (Å²) < 4.78 is 48.2. The van der Waals surface area contributed by atoms with Gasteiger partial charge in [-0.3, -0.25) is 18.5 Å². The lowest BCUT2D eigenvalue weighted by Gasteiger charge is -2.20. The van der Waals surface area contributed by atoms with Gasteiger partial charge in [-0.25, -0.2) is 17.8 Å². The van der Waals surface area contributed by atoms with Crippen LogP contribution in [0.2, 0.25) is 0 Å². The smallest absolute Gasteiger partial charge is 0.255 e. The topological polar surface area (TPSA) is 110 Å².